The first-order chi connectivity index (χ1) is 10.5. The van der Waals surface area contributed by atoms with Crippen molar-refractivity contribution in [3.05, 3.63) is 40.4 Å². The van der Waals surface area contributed by atoms with Crippen LogP contribution < -0.4 is 0 Å². The lowest BCUT2D eigenvalue weighted by Gasteiger charge is -2.30. The molecule has 0 N–H and O–H groups in total. The zero-order valence-electron chi connectivity index (χ0n) is 13.5. The third-order valence-corrected chi connectivity index (χ3v) is 4.28. The van der Waals surface area contributed by atoms with Crippen LogP contribution in [0.3, 0.4) is 0 Å². The van der Waals surface area contributed by atoms with E-state index in [1.54, 1.807) is 6.07 Å². The first-order valence-corrected chi connectivity index (χ1v) is 8.65. The van der Waals surface area contributed by atoms with Crippen LogP contribution in [0.2, 0.25) is 10.0 Å². The topological polar surface area (TPSA) is 3.24 Å². The highest BCUT2D eigenvalue weighted by Crippen LogP contribution is 2.30. The van der Waals surface area contributed by atoms with E-state index < -0.39 is 0 Å². The second-order valence-corrected chi connectivity index (χ2v) is 6.31. The van der Waals surface area contributed by atoms with Crippen LogP contribution in [-0.2, 0) is 0 Å². The Morgan fingerprint density at radius 1 is 1.23 bits per heavy atom. The first kappa shape index (κ1) is 19.1. The van der Waals surface area contributed by atoms with Crippen LogP contribution in [0.25, 0.3) is 5.57 Å². The van der Waals surface area contributed by atoms with Crippen LogP contribution in [0.4, 0.5) is 0 Å². The van der Waals surface area contributed by atoms with Gasteiger partial charge in [0, 0.05) is 10.0 Å². The van der Waals surface area contributed by atoms with Crippen molar-refractivity contribution >= 4 is 28.8 Å². The summed E-state index contributed by atoms with van der Waals surface area (Å²) in [5.74, 6) is 2.89. The molecule has 0 fully saturated rings. The minimum Gasteiger partial charge on any atom is -0.286 e. The molecular formula is C19H25Cl2N. The molecule has 1 aromatic rings. The number of nitrogens with zero attached hydrogens (tertiary/aromatic N) is 1. The molecule has 1 nitrogen and oxygen atoms in total. The summed E-state index contributed by atoms with van der Waals surface area (Å²) in [6.45, 7) is 10.6. The average Bonchev–Trinajstić information content (AvgIpc) is 2.49. The van der Waals surface area contributed by atoms with Crippen LogP contribution in [0, 0.1) is 12.3 Å². The molecule has 0 heterocycles. The summed E-state index contributed by atoms with van der Waals surface area (Å²) in [7, 11) is 0. The SMILES string of the molecule is C#CC(C(=C)c1ccc(Cl)cc1Cl)N(CCCC)CCCC. The van der Waals surface area contributed by atoms with Gasteiger partial charge in [-0.1, -0.05) is 68.5 Å². The van der Waals surface area contributed by atoms with E-state index in [4.69, 9.17) is 29.6 Å². The van der Waals surface area contributed by atoms with Gasteiger partial charge < -0.3 is 0 Å². The molecule has 0 amide bonds. The Hall–Kier alpha value is -0.940. The smallest absolute Gasteiger partial charge is 0.0968 e. The molecule has 0 aliphatic carbocycles. The molecule has 120 valence electrons. The maximum Gasteiger partial charge on any atom is 0.0968 e. The minimum absolute atomic E-state index is 0.128. The average molecular weight is 338 g/mol. The fraction of sp³-hybridized carbons (Fsp3) is 0.474. The Kier molecular flexibility index (Phi) is 8.64. The van der Waals surface area contributed by atoms with Gasteiger partial charge in [-0.3, -0.25) is 4.90 Å². The normalized spacial score (nSPS) is 12.2. The van der Waals surface area contributed by atoms with Crippen molar-refractivity contribution in [3.8, 4) is 12.3 Å². The van der Waals surface area contributed by atoms with E-state index in [-0.39, 0.29) is 6.04 Å². The standard InChI is InChI=1S/C19H25Cl2N/c1-5-8-12-22(13-9-6-2)19(7-3)15(4)17-11-10-16(20)14-18(17)21/h3,10-11,14,19H,4-6,8-9,12-13H2,1-2H3. The van der Waals surface area contributed by atoms with E-state index >= 15 is 0 Å². The fourth-order valence-corrected chi connectivity index (χ4v) is 2.95. The lowest BCUT2D eigenvalue weighted by molar-refractivity contribution is 0.262. The number of hydrogen-bond donors (Lipinski definition) is 0. The number of benzene rings is 1. The van der Waals surface area contributed by atoms with Crippen molar-refractivity contribution in [2.75, 3.05) is 13.1 Å². The highest BCUT2D eigenvalue weighted by atomic mass is 35.5. The molecule has 22 heavy (non-hydrogen) atoms. The Morgan fingerprint density at radius 2 is 1.82 bits per heavy atom. The molecule has 1 aromatic carbocycles. The lowest BCUT2D eigenvalue weighted by atomic mass is 9.98. The van der Waals surface area contributed by atoms with E-state index in [0.717, 1.165) is 49.9 Å². The summed E-state index contributed by atoms with van der Waals surface area (Å²) < 4.78 is 0. The third kappa shape index (κ3) is 5.36. The number of halogens is 2. The molecule has 0 radical (unpaired) electrons. The van der Waals surface area contributed by atoms with E-state index in [0.29, 0.717) is 10.0 Å². The summed E-state index contributed by atoms with van der Waals surface area (Å²) in [6, 6.07) is 5.33. The van der Waals surface area contributed by atoms with Crippen LogP contribution in [0.5, 0.6) is 0 Å². The fourth-order valence-electron chi connectivity index (χ4n) is 2.42. The Bertz CT molecular complexity index is 523. The van der Waals surface area contributed by atoms with Crippen LogP contribution >= 0.6 is 23.2 Å². The van der Waals surface area contributed by atoms with Crippen molar-refractivity contribution in [3.63, 3.8) is 0 Å². The molecular weight excluding hydrogens is 313 g/mol. The predicted octanol–water partition coefficient (Wildman–Crippen LogP) is 5.91. The van der Waals surface area contributed by atoms with Gasteiger partial charge in [0.2, 0.25) is 0 Å². The molecule has 0 saturated heterocycles. The van der Waals surface area contributed by atoms with Gasteiger partial charge in [-0.25, -0.2) is 0 Å². The quantitative estimate of drug-likeness (QED) is 0.506. The summed E-state index contributed by atoms with van der Waals surface area (Å²) in [4.78, 5) is 2.33. The zero-order valence-corrected chi connectivity index (χ0v) is 15.1. The van der Waals surface area contributed by atoms with Gasteiger partial charge in [0.25, 0.3) is 0 Å². The first-order valence-electron chi connectivity index (χ1n) is 7.89. The third-order valence-electron chi connectivity index (χ3n) is 3.73. The molecule has 1 rings (SSSR count). The molecule has 0 aromatic heterocycles. The van der Waals surface area contributed by atoms with Gasteiger partial charge >= 0.3 is 0 Å². The number of rotatable bonds is 9. The molecule has 0 aliphatic heterocycles. The van der Waals surface area contributed by atoms with Crippen LogP contribution in [0.1, 0.15) is 45.1 Å². The van der Waals surface area contributed by atoms with Crippen molar-refractivity contribution in [1.82, 2.24) is 4.90 Å². The molecule has 0 spiro atoms. The zero-order chi connectivity index (χ0) is 16.5. The van der Waals surface area contributed by atoms with Gasteiger partial charge in [0.1, 0.15) is 0 Å². The van der Waals surface area contributed by atoms with Crippen molar-refractivity contribution < 1.29 is 0 Å². The largest absolute Gasteiger partial charge is 0.286 e. The maximum atomic E-state index is 6.31. The molecule has 0 saturated carbocycles. The second-order valence-electron chi connectivity index (χ2n) is 5.46. The number of terminal acetylenes is 1. The van der Waals surface area contributed by atoms with Crippen LogP contribution in [-0.4, -0.2) is 24.0 Å². The number of unbranched alkanes of at least 4 members (excludes halogenated alkanes) is 2. The van der Waals surface area contributed by atoms with Gasteiger partial charge in [-0.05, 0) is 49.2 Å². The van der Waals surface area contributed by atoms with E-state index in [1.165, 1.54) is 0 Å². The second kappa shape index (κ2) is 9.95. The van der Waals surface area contributed by atoms with Crippen molar-refractivity contribution in [1.29, 1.82) is 0 Å². The summed E-state index contributed by atoms with van der Waals surface area (Å²) in [5.41, 5.74) is 1.75. The van der Waals surface area contributed by atoms with E-state index in [2.05, 4.69) is 31.2 Å². The molecule has 0 aliphatic rings. The van der Waals surface area contributed by atoms with E-state index in [9.17, 15) is 0 Å². The molecule has 1 atom stereocenters. The van der Waals surface area contributed by atoms with Gasteiger partial charge in [0.05, 0.1) is 6.04 Å². The molecule has 0 bridgehead atoms. The van der Waals surface area contributed by atoms with Gasteiger partial charge in [-0.15, -0.1) is 6.42 Å². The summed E-state index contributed by atoms with van der Waals surface area (Å²) in [6.07, 6.45) is 10.4. The van der Waals surface area contributed by atoms with Gasteiger partial charge in [0.15, 0.2) is 0 Å². The highest BCUT2D eigenvalue weighted by Gasteiger charge is 2.21. The summed E-state index contributed by atoms with van der Waals surface area (Å²) in [5, 5.41) is 1.22. The monoisotopic (exact) mass is 337 g/mol. The minimum atomic E-state index is -0.128. The highest BCUT2D eigenvalue weighted by molar-refractivity contribution is 6.35. The Balaban J connectivity index is 2.99. The Morgan fingerprint density at radius 3 is 2.27 bits per heavy atom. The van der Waals surface area contributed by atoms with E-state index in [1.807, 2.05) is 12.1 Å². The molecule has 1 unspecified atom stereocenters. The molecule has 3 heteroatoms. The van der Waals surface area contributed by atoms with Crippen molar-refractivity contribution in [2.45, 2.75) is 45.6 Å². The number of hydrogen-bond acceptors (Lipinski definition) is 1. The Labute approximate surface area is 145 Å². The summed E-state index contributed by atoms with van der Waals surface area (Å²) >= 11 is 12.3. The van der Waals surface area contributed by atoms with Crippen LogP contribution in [0.15, 0.2) is 24.8 Å². The maximum absolute atomic E-state index is 6.31. The lowest BCUT2D eigenvalue weighted by Crippen LogP contribution is -2.36. The van der Waals surface area contributed by atoms with Crippen molar-refractivity contribution in [2.24, 2.45) is 0 Å². The predicted molar refractivity (Wildman–Crippen MR) is 99.5 cm³/mol. The van der Waals surface area contributed by atoms with Gasteiger partial charge in [-0.2, -0.15) is 0 Å².